The Hall–Kier alpha value is -0.240. The van der Waals surface area contributed by atoms with Gasteiger partial charge in [0.15, 0.2) is 0 Å². The smallest absolute Gasteiger partial charge is 0.0595 e. The first-order valence-electron chi connectivity index (χ1n) is 8.30. The number of halogens is 2. The minimum absolute atomic E-state index is 0.534. The highest BCUT2D eigenvalue weighted by Gasteiger charge is 2.30. The highest BCUT2D eigenvalue weighted by molar-refractivity contribution is 6.42. The van der Waals surface area contributed by atoms with Gasteiger partial charge in [-0.05, 0) is 68.3 Å². The molecule has 21 heavy (non-hydrogen) atoms. The molecule has 1 aliphatic carbocycles. The SMILES string of the molecule is CCNCCC1(CCc2ccc(Cl)c(Cl)c2)CCCCC1. The van der Waals surface area contributed by atoms with Gasteiger partial charge >= 0.3 is 0 Å². The zero-order chi connectivity index (χ0) is 15.1. The molecular formula is C18H27Cl2N. The highest BCUT2D eigenvalue weighted by Crippen LogP contribution is 2.43. The lowest BCUT2D eigenvalue weighted by atomic mass is 9.68. The zero-order valence-electron chi connectivity index (χ0n) is 13.1. The molecule has 0 aliphatic heterocycles. The van der Waals surface area contributed by atoms with Crippen molar-refractivity contribution in [2.45, 2.75) is 58.3 Å². The Morgan fingerprint density at radius 1 is 1.05 bits per heavy atom. The average Bonchev–Trinajstić information content (AvgIpc) is 2.50. The Labute approximate surface area is 139 Å². The number of hydrogen-bond acceptors (Lipinski definition) is 1. The van der Waals surface area contributed by atoms with Crippen LogP contribution in [0.1, 0.15) is 57.4 Å². The fraction of sp³-hybridized carbons (Fsp3) is 0.667. The van der Waals surface area contributed by atoms with Crippen LogP contribution in [0.4, 0.5) is 0 Å². The van der Waals surface area contributed by atoms with Crippen molar-refractivity contribution in [3.63, 3.8) is 0 Å². The van der Waals surface area contributed by atoms with Gasteiger partial charge < -0.3 is 5.32 Å². The summed E-state index contributed by atoms with van der Waals surface area (Å²) in [6.45, 7) is 4.41. The zero-order valence-corrected chi connectivity index (χ0v) is 14.6. The first-order valence-corrected chi connectivity index (χ1v) is 9.05. The Balaban J connectivity index is 1.95. The van der Waals surface area contributed by atoms with E-state index in [2.05, 4.69) is 18.3 Å². The standard InChI is InChI=1S/C18H27Cl2N/c1-2-21-13-12-18(9-4-3-5-10-18)11-8-15-6-7-16(19)17(20)14-15/h6-7,14,21H,2-5,8-13H2,1H3. The molecule has 1 nitrogen and oxygen atoms in total. The van der Waals surface area contributed by atoms with Crippen LogP contribution in [0, 0.1) is 5.41 Å². The third-order valence-electron chi connectivity index (χ3n) is 4.92. The van der Waals surface area contributed by atoms with Crippen LogP contribution < -0.4 is 5.32 Å². The Kier molecular flexibility index (Phi) is 6.85. The summed E-state index contributed by atoms with van der Waals surface area (Å²) in [7, 11) is 0. The first-order chi connectivity index (χ1) is 10.2. The van der Waals surface area contributed by atoms with Gasteiger partial charge in [0.2, 0.25) is 0 Å². The van der Waals surface area contributed by atoms with Crippen molar-refractivity contribution in [2.75, 3.05) is 13.1 Å². The predicted octanol–water partition coefficient (Wildman–Crippen LogP) is 5.88. The van der Waals surface area contributed by atoms with E-state index in [1.165, 1.54) is 50.5 Å². The Morgan fingerprint density at radius 3 is 2.48 bits per heavy atom. The largest absolute Gasteiger partial charge is 0.317 e. The topological polar surface area (TPSA) is 12.0 Å². The summed E-state index contributed by atoms with van der Waals surface area (Å²) in [5.74, 6) is 0. The van der Waals surface area contributed by atoms with Crippen LogP contribution in [0.3, 0.4) is 0 Å². The molecule has 1 aromatic rings. The van der Waals surface area contributed by atoms with Gasteiger partial charge in [0, 0.05) is 0 Å². The number of nitrogens with one attached hydrogen (secondary N) is 1. The molecule has 0 spiro atoms. The monoisotopic (exact) mass is 327 g/mol. The molecule has 0 aromatic heterocycles. The predicted molar refractivity (Wildman–Crippen MR) is 93.5 cm³/mol. The second-order valence-corrected chi connectivity index (χ2v) is 7.23. The van der Waals surface area contributed by atoms with E-state index in [0.717, 1.165) is 19.5 Å². The summed E-state index contributed by atoms with van der Waals surface area (Å²) in [6.07, 6.45) is 10.7. The second kappa shape index (κ2) is 8.41. The maximum atomic E-state index is 6.13. The third-order valence-corrected chi connectivity index (χ3v) is 5.66. The van der Waals surface area contributed by atoms with Crippen molar-refractivity contribution in [1.82, 2.24) is 5.32 Å². The van der Waals surface area contributed by atoms with Crippen LogP contribution in [0.2, 0.25) is 10.0 Å². The Bertz CT molecular complexity index is 439. The fourth-order valence-corrected chi connectivity index (χ4v) is 3.88. The normalized spacial score (nSPS) is 17.9. The van der Waals surface area contributed by atoms with E-state index >= 15 is 0 Å². The van der Waals surface area contributed by atoms with E-state index in [4.69, 9.17) is 23.2 Å². The summed E-state index contributed by atoms with van der Waals surface area (Å²) >= 11 is 12.1. The summed E-state index contributed by atoms with van der Waals surface area (Å²) in [4.78, 5) is 0. The summed E-state index contributed by atoms with van der Waals surface area (Å²) < 4.78 is 0. The molecular weight excluding hydrogens is 301 g/mol. The summed E-state index contributed by atoms with van der Waals surface area (Å²) in [5, 5.41) is 4.83. The number of rotatable bonds is 7. The van der Waals surface area contributed by atoms with E-state index < -0.39 is 0 Å². The average molecular weight is 328 g/mol. The van der Waals surface area contributed by atoms with Crippen LogP contribution in [0.15, 0.2) is 18.2 Å². The molecule has 0 radical (unpaired) electrons. The molecule has 1 aromatic carbocycles. The van der Waals surface area contributed by atoms with Gasteiger partial charge in [-0.1, -0.05) is 55.5 Å². The minimum atomic E-state index is 0.534. The molecule has 0 atom stereocenters. The van der Waals surface area contributed by atoms with E-state index in [0.29, 0.717) is 15.5 Å². The lowest BCUT2D eigenvalue weighted by Gasteiger charge is -2.38. The molecule has 0 amide bonds. The maximum Gasteiger partial charge on any atom is 0.0595 e. The van der Waals surface area contributed by atoms with Gasteiger partial charge in [0.05, 0.1) is 10.0 Å². The highest BCUT2D eigenvalue weighted by atomic mass is 35.5. The van der Waals surface area contributed by atoms with Gasteiger partial charge in [-0.25, -0.2) is 0 Å². The van der Waals surface area contributed by atoms with Crippen molar-refractivity contribution in [2.24, 2.45) is 5.41 Å². The molecule has 0 bridgehead atoms. The molecule has 1 aliphatic rings. The van der Waals surface area contributed by atoms with E-state index in [-0.39, 0.29) is 0 Å². The van der Waals surface area contributed by atoms with E-state index in [1.807, 2.05) is 12.1 Å². The first kappa shape index (κ1) is 17.1. The summed E-state index contributed by atoms with van der Waals surface area (Å²) in [6, 6.07) is 6.07. The number of aryl methyl sites for hydroxylation is 1. The van der Waals surface area contributed by atoms with Crippen LogP contribution >= 0.6 is 23.2 Å². The number of hydrogen-bond donors (Lipinski definition) is 1. The van der Waals surface area contributed by atoms with Crippen LogP contribution in [-0.4, -0.2) is 13.1 Å². The molecule has 1 fully saturated rings. The van der Waals surface area contributed by atoms with Crippen LogP contribution in [0.5, 0.6) is 0 Å². The third kappa shape index (κ3) is 5.16. The lowest BCUT2D eigenvalue weighted by Crippen LogP contribution is -2.30. The van der Waals surface area contributed by atoms with Crippen LogP contribution in [-0.2, 0) is 6.42 Å². The lowest BCUT2D eigenvalue weighted by molar-refractivity contribution is 0.157. The van der Waals surface area contributed by atoms with Gasteiger partial charge in [-0.3, -0.25) is 0 Å². The molecule has 0 heterocycles. The van der Waals surface area contributed by atoms with Gasteiger partial charge in [-0.2, -0.15) is 0 Å². The van der Waals surface area contributed by atoms with Gasteiger partial charge in [-0.15, -0.1) is 0 Å². The molecule has 1 N–H and O–H groups in total. The second-order valence-electron chi connectivity index (χ2n) is 6.41. The van der Waals surface area contributed by atoms with Gasteiger partial charge in [0.1, 0.15) is 0 Å². The van der Waals surface area contributed by atoms with E-state index in [1.54, 1.807) is 0 Å². The number of benzene rings is 1. The van der Waals surface area contributed by atoms with Crippen molar-refractivity contribution in [1.29, 1.82) is 0 Å². The summed E-state index contributed by atoms with van der Waals surface area (Å²) in [5.41, 5.74) is 1.85. The Morgan fingerprint density at radius 2 is 1.81 bits per heavy atom. The van der Waals surface area contributed by atoms with Crippen molar-refractivity contribution >= 4 is 23.2 Å². The molecule has 0 unspecified atom stereocenters. The minimum Gasteiger partial charge on any atom is -0.317 e. The van der Waals surface area contributed by atoms with Crippen molar-refractivity contribution in [3.8, 4) is 0 Å². The quantitative estimate of drug-likeness (QED) is 0.617. The maximum absolute atomic E-state index is 6.13. The van der Waals surface area contributed by atoms with Crippen molar-refractivity contribution in [3.05, 3.63) is 33.8 Å². The molecule has 2 rings (SSSR count). The van der Waals surface area contributed by atoms with Crippen LogP contribution in [0.25, 0.3) is 0 Å². The van der Waals surface area contributed by atoms with Gasteiger partial charge in [0.25, 0.3) is 0 Å². The molecule has 1 saturated carbocycles. The molecule has 118 valence electrons. The van der Waals surface area contributed by atoms with Crippen molar-refractivity contribution < 1.29 is 0 Å². The van der Waals surface area contributed by atoms with E-state index in [9.17, 15) is 0 Å². The molecule has 0 saturated heterocycles. The molecule has 3 heteroatoms. The fourth-order valence-electron chi connectivity index (χ4n) is 3.56.